The van der Waals surface area contributed by atoms with Crippen molar-refractivity contribution in [3.05, 3.63) is 49.0 Å². The zero-order chi connectivity index (χ0) is 20.8. The highest BCUT2D eigenvalue weighted by Gasteiger charge is 2.28. The lowest BCUT2D eigenvalue weighted by Crippen LogP contribution is -2.49. The first kappa shape index (κ1) is 19.9. The predicted octanol–water partition coefficient (Wildman–Crippen LogP) is 3.69. The van der Waals surface area contributed by atoms with Gasteiger partial charge in [-0.2, -0.15) is 0 Å². The third-order valence-corrected chi connectivity index (χ3v) is 8.47. The molecule has 1 amide bonds. The van der Waals surface area contributed by atoms with E-state index < -0.39 is 0 Å². The van der Waals surface area contributed by atoms with Gasteiger partial charge in [-0.25, -0.2) is 4.98 Å². The Bertz CT molecular complexity index is 1130. The quantitative estimate of drug-likeness (QED) is 0.672. The number of hydrogen-bond acceptors (Lipinski definition) is 6. The Hall–Kier alpha value is -2.03. The van der Waals surface area contributed by atoms with E-state index in [9.17, 15) is 9.59 Å². The fourth-order valence-corrected chi connectivity index (χ4v) is 6.69. The lowest BCUT2D eigenvalue weighted by molar-refractivity contribution is 0.0580. The molecule has 1 fully saturated rings. The number of rotatable bonds is 3. The normalized spacial score (nSPS) is 21.0. The molecule has 0 spiro atoms. The first-order valence-corrected chi connectivity index (χ1v) is 12.3. The number of fused-ring (bicyclic) bond motifs is 3. The first-order valence-electron chi connectivity index (χ1n) is 10.6. The third kappa shape index (κ3) is 3.50. The lowest BCUT2D eigenvalue weighted by Gasteiger charge is -2.37. The van der Waals surface area contributed by atoms with Crippen LogP contribution in [-0.4, -0.2) is 51.9 Å². The molecule has 30 heavy (non-hydrogen) atoms. The molecule has 158 valence electrons. The summed E-state index contributed by atoms with van der Waals surface area (Å²) in [5.41, 5.74) is 1.22. The SMILES string of the molecule is CC1CCc2c(sc3nc(C(C)N4CCN(C(=O)c5cccs5)CC4)[nH]c(=O)c23)C1. The van der Waals surface area contributed by atoms with Gasteiger partial charge in [0.15, 0.2) is 0 Å². The summed E-state index contributed by atoms with van der Waals surface area (Å²) in [6.07, 6.45) is 3.18. The number of amides is 1. The summed E-state index contributed by atoms with van der Waals surface area (Å²) in [7, 11) is 0. The summed E-state index contributed by atoms with van der Waals surface area (Å²) in [4.78, 5) is 40.7. The maximum Gasteiger partial charge on any atom is 0.264 e. The van der Waals surface area contributed by atoms with Crippen LogP contribution in [0.4, 0.5) is 0 Å². The van der Waals surface area contributed by atoms with E-state index in [0.717, 1.165) is 53.3 Å². The van der Waals surface area contributed by atoms with E-state index in [-0.39, 0.29) is 17.5 Å². The monoisotopic (exact) mass is 442 g/mol. The molecule has 1 saturated heterocycles. The minimum absolute atomic E-state index is 0.000382. The zero-order valence-corrected chi connectivity index (χ0v) is 18.9. The molecule has 5 rings (SSSR count). The minimum Gasteiger partial charge on any atom is -0.335 e. The number of nitrogens with zero attached hydrogens (tertiary/aromatic N) is 3. The van der Waals surface area contributed by atoms with E-state index in [4.69, 9.17) is 4.98 Å². The van der Waals surface area contributed by atoms with Gasteiger partial charge in [-0.1, -0.05) is 13.0 Å². The summed E-state index contributed by atoms with van der Waals surface area (Å²) in [5, 5.41) is 2.75. The minimum atomic E-state index is 0.000382. The number of carbonyl (C=O) groups is 1. The molecule has 1 aliphatic carbocycles. The van der Waals surface area contributed by atoms with Crippen molar-refractivity contribution in [3.8, 4) is 0 Å². The summed E-state index contributed by atoms with van der Waals surface area (Å²) in [6, 6.07) is 3.81. The molecule has 1 aliphatic heterocycles. The molecule has 2 atom stereocenters. The second kappa shape index (κ2) is 7.90. The van der Waals surface area contributed by atoms with Crippen molar-refractivity contribution >= 4 is 38.8 Å². The number of thiophene rings is 2. The van der Waals surface area contributed by atoms with Gasteiger partial charge in [0.2, 0.25) is 0 Å². The Kier molecular flexibility index (Phi) is 5.24. The van der Waals surface area contributed by atoms with Crippen LogP contribution in [0.1, 0.15) is 52.2 Å². The molecule has 1 N–H and O–H groups in total. The van der Waals surface area contributed by atoms with E-state index in [1.165, 1.54) is 21.8 Å². The molecule has 0 bridgehead atoms. The molecule has 3 aromatic rings. The van der Waals surface area contributed by atoms with E-state index >= 15 is 0 Å². The number of aromatic nitrogens is 2. The van der Waals surface area contributed by atoms with E-state index in [1.807, 2.05) is 22.4 Å². The van der Waals surface area contributed by atoms with Crippen molar-refractivity contribution in [2.24, 2.45) is 5.92 Å². The maximum absolute atomic E-state index is 12.9. The van der Waals surface area contributed by atoms with Crippen LogP contribution in [0, 0.1) is 5.92 Å². The van der Waals surface area contributed by atoms with Crippen molar-refractivity contribution in [2.75, 3.05) is 26.2 Å². The van der Waals surface area contributed by atoms with Crippen LogP contribution in [0.3, 0.4) is 0 Å². The third-order valence-electron chi connectivity index (χ3n) is 6.46. The van der Waals surface area contributed by atoms with Gasteiger partial charge in [0.1, 0.15) is 10.7 Å². The van der Waals surface area contributed by atoms with Gasteiger partial charge in [0, 0.05) is 31.1 Å². The van der Waals surface area contributed by atoms with Crippen LogP contribution in [0.5, 0.6) is 0 Å². The topological polar surface area (TPSA) is 69.3 Å². The highest BCUT2D eigenvalue weighted by atomic mass is 32.1. The van der Waals surface area contributed by atoms with Crippen LogP contribution < -0.4 is 5.56 Å². The molecule has 6 nitrogen and oxygen atoms in total. The number of nitrogens with one attached hydrogen (secondary N) is 1. The maximum atomic E-state index is 12.9. The zero-order valence-electron chi connectivity index (χ0n) is 17.3. The average Bonchev–Trinajstić information content (AvgIpc) is 3.40. The van der Waals surface area contributed by atoms with Gasteiger partial charge >= 0.3 is 0 Å². The highest BCUT2D eigenvalue weighted by molar-refractivity contribution is 7.18. The van der Waals surface area contributed by atoms with Crippen LogP contribution in [0.15, 0.2) is 22.3 Å². The Labute approximate surface area is 183 Å². The fraction of sp³-hybridized carbons (Fsp3) is 0.500. The van der Waals surface area contributed by atoms with E-state index in [2.05, 4.69) is 23.7 Å². The van der Waals surface area contributed by atoms with Crippen molar-refractivity contribution in [3.63, 3.8) is 0 Å². The largest absolute Gasteiger partial charge is 0.335 e. The molecular formula is C22H26N4O2S2. The van der Waals surface area contributed by atoms with Crippen LogP contribution in [-0.2, 0) is 12.8 Å². The van der Waals surface area contributed by atoms with Gasteiger partial charge in [-0.05, 0) is 49.1 Å². The highest BCUT2D eigenvalue weighted by Crippen LogP contribution is 2.36. The van der Waals surface area contributed by atoms with Gasteiger partial charge in [-0.15, -0.1) is 22.7 Å². The number of carbonyl (C=O) groups excluding carboxylic acids is 1. The molecule has 4 heterocycles. The Morgan fingerprint density at radius 2 is 2.10 bits per heavy atom. The van der Waals surface area contributed by atoms with Crippen LogP contribution >= 0.6 is 22.7 Å². The molecule has 8 heteroatoms. The lowest BCUT2D eigenvalue weighted by atomic mass is 9.89. The van der Waals surface area contributed by atoms with Gasteiger partial charge in [-0.3, -0.25) is 14.5 Å². The van der Waals surface area contributed by atoms with Crippen molar-refractivity contribution in [1.29, 1.82) is 0 Å². The van der Waals surface area contributed by atoms with E-state index in [1.54, 1.807) is 11.3 Å². The fourth-order valence-electron chi connectivity index (χ4n) is 4.60. The summed E-state index contributed by atoms with van der Waals surface area (Å²) in [6.45, 7) is 7.31. The van der Waals surface area contributed by atoms with Crippen LogP contribution in [0.2, 0.25) is 0 Å². The summed E-state index contributed by atoms with van der Waals surface area (Å²) >= 11 is 3.19. The van der Waals surface area contributed by atoms with Crippen molar-refractivity contribution in [1.82, 2.24) is 19.8 Å². The standard InChI is InChI=1S/C22H26N4O2S2/c1-13-5-6-15-17(12-13)30-21-18(15)20(27)23-19(24-21)14(2)25-7-9-26(10-8-25)22(28)16-4-3-11-29-16/h3-4,11,13-14H,5-10,12H2,1-2H3,(H,23,24,27). The predicted molar refractivity (Wildman–Crippen MR) is 122 cm³/mol. The van der Waals surface area contributed by atoms with Gasteiger partial charge in [0.25, 0.3) is 11.5 Å². The van der Waals surface area contributed by atoms with Gasteiger partial charge in [0.05, 0.1) is 16.3 Å². The molecule has 0 radical (unpaired) electrons. The molecular weight excluding hydrogens is 416 g/mol. The summed E-state index contributed by atoms with van der Waals surface area (Å²) in [5.74, 6) is 1.53. The van der Waals surface area contributed by atoms with Crippen LogP contribution in [0.25, 0.3) is 10.2 Å². The van der Waals surface area contributed by atoms with Gasteiger partial charge < -0.3 is 9.88 Å². The van der Waals surface area contributed by atoms with Crippen molar-refractivity contribution in [2.45, 2.75) is 39.2 Å². The Morgan fingerprint density at radius 3 is 2.83 bits per heavy atom. The average molecular weight is 443 g/mol. The summed E-state index contributed by atoms with van der Waals surface area (Å²) < 4.78 is 0. The molecule has 2 unspecified atom stereocenters. The molecule has 3 aromatic heterocycles. The smallest absolute Gasteiger partial charge is 0.264 e. The molecule has 2 aliphatic rings. The number of hydrogen-bond donors (Lipinski definition) is 1. The number of aromatic amines is 1. The molecule has 0 saturated carbocycles. The Balaban J connectivity index is 1.33. The van der Waals surface area contributed by atoms with E-state index in [0.29, 0.717) is 19.0 Å². The number of aryl methyl sites for hydroxylation is 1. The first-order chi connectivity index (χ1) is 14.5. The Morgan fingerprint density at radius 1 is 1.30 bits per heavy atom. The van der Waals surface area contributed by atoms with Crippen molar-refractivity contribution < 1.29 is 4.79 Å². The second-order valence-corrected chi connectivity index (χ2v) is 10.5. The number of H-pyrrole nitrogens is 1. The second-order valence-electron chi connectivity index (χ2n) is 8.46. The number of piperazine rings is 1. The molecule has 0 aromatic carbocycles.